The van der Waals surface area contributed by atoms with E-state index in [1.165, 1.54) is 0 Å². The zero-order chi connectivity index (χ0) is 13.1. The quantitative estimate of drug-likeness (QED) is 0.561. The van der Waals surface area contributed by atoms with Crippen molar-refractivity contribution in [1.82, 2.24) is 9.78 Å². The first kappa shape index (κ1) is 12.1. The van der Waals surface area contributed by atoms with Gasteiger partial charge in [-0.2, -0.15) is 5.10 Å². The summed E-state index contributed by atoms with van der Waals surface area (Å²) < 4.78 is 1.63. The van der Waals surface area contributed by atoms with Gasteiger partial charge in [-0.25, -0.2) is 0 Å². The maximum Gasteiger partial charge on any atom is 0.257 e. The van der Waals surface area contributed by atoms with Gasteiger partial charge in [-0.05, 0) is 30.7 Å². The summed E-state index contributed by atoms with van der Waals surface area (Å²) in [6.45, 7) is 1.86. The maximum absolute atomic E-state index is 12.0. The number of carbonyl (C=O) groups excluding carboxylic acids is 1. The Balaban J connectivity index is 2.18. The van der Waals surface area contributed by atoms with E-state index in [0.717, 1.165) is 11.3 Å². The number of aryl methyl sites for hydroxylation is 2. The largest absolute Gasteiger partial charge is 0.324 e. The number of nitrogens with zero attached hydrogens (tertiary/aromatic N) is 2. The van der Waals surface area contributed by atoms with Gasteiger partial charge in [0.05, 0.1) is 0 Å². The van der Waals surface area contributed by atoms with Crippen molar-refractivity contribution in [3.05, 3.63) is 41.6 Å². The number of aromatic nitrogens is 2. The summed E-state index contributed by atoms with van der Waals surface area (Å²) in [6.07, 6.45) is 1.77. The van der Waals surface area contributed by atoms with E-state index in [-0.39, 0.29) is 5.91 Å². The molecule has 0 saturated heterocycles. The van der Waals surface area contributed by atoms with E-state index in [9.17, 15) is 4.79 Å². The van der Waals surface area contributed by atoms with Gasteiger partial charge in [-0.3, -0.25) is 15.3 Å². The molecule has 2 rings (SSSR count). The summed E-state index contributed by atoms with van der Waals surface area (Å²) >= 11 is 0. The van der Waals surface area contributed by atoms with E-state index in [1.54, 1.807) is 36.1 Å². The molecule has 2 aromatic rings. The molecule has 6 nitrogen and oxygen atoms in total. The number of carbonyl (C=O) groups is 1. The Morgan fingerprint density at radius 1 is 1.39 bits per heavy atom. The minimum atomic E-state index is -0.185. The van der Waals surface area contributed by atoms with Gasteiger partial charge < -0.3 is 10.7 Å². The number of nitrogen functional groups attached to an aromatic ring is 1. The first-order valence-electron chi connectivity index (χ1n) is 5.48. The smallest absolute Gasteiger partial charge is 0.257 e. The zero-order valence-electron chi connectivity index (χ0n) is 10.3. The van der Waals surface area contributed by atoms with Crippen LogP contribution < -0.4 is 16.6 Å². The summed E-state index contributed by atoms with van der Waals surface area (Å²) in [5.74, 6) is 5.65. The highest BCUT2D eigenvalue weighted by Crippen LogP contribution is 2.15. The van der Waals surface area contributed by atoms with Gasteiger partial charge in [-0.1, -0.05) is 0 Å². The van der Waals surface area contributed by atoms with E-state index >= 15 is 0 Å². The van der Waals surface area contributed by atoms with Gasteiger partial charge in [0, 0.05) is 30.6 Å². The second kappa shape index (κ2) is 4.89. The van der Waals surface area contributed by atoms with E-state index in [1.807, 2.05) is 13.0 Å². The minimum Gasteiger partial charge on any atom is -0.324 e. The second-order valence-electron chi connectivity index (χ2n) is 4.00. The van der Waals surface area contributed by atoms with Crippen LogP contribution in [0.3, 0.4) is 0 Å². The lowest BCUT2D eigenvalue weighted by molar-refractivity contribution is 0.102. The standard InChI is InChI=1S/C12H15N5O/c1-8-7-9(15-13)3-4-10(8)12(18)14-11-5-6-17(2)16-11/h3-7,15H,13H2,1-2H3,(H,14,16,18). The van der Waals surface area contributed by atoms with E-state index in [2.05, 4.69) is 15.8 Å². The Labute approximate surface area is 105 Å². The second-order valence-corrected chi connectivity index (χ2v) is 4.00. The Morgan fingerprint density at radius 2 is 2.17 bits per heavy atom. The van der Waals surface area contributed by atoms with Gasteiger partial charge in [0.2, 0.25) is 0 Å². The van der Waals surface area contributed by atoms with Crippen molar-refractivity contribution in [2.45, 2.75) is 6.92 Å². The molecule has 1 aromatic heterocycles. The number of rotatable bonds is 3. The molecule has 0 aliphatic heterocycles. The van der Waals surface area contributed by atoms with Crippen molar-refractivity contribution >= 4 is 17.4 Å². The highest BCUT2D eigenvalue weighted by molar-refractivity contribution is 6.05. The van der Waals surface area contributed by atoms with Crippen molar-refractivity contribution < 1.29 is 4.79 Å². The number of nitrogens with two attached hydrogens (primary N) is 1. The normalized spacial score (nSPS) is 10.2. The summed E-state index contributed by atoms with van der Waals surface area (Å²) in [6, 6.07) is 7.03. The van der Waals surface area contributed by atoms with Crippen LogP contribution in [0.1, 0.15) is 15.9 Å². The molecule has 18 heavy (non-hydrogen) atoms. The first-order chi connectivity index (χ1) is 8.60. The van der Waals surface area contributed by atoms with Crippen LogP contribution in [0.2, 0.25) is 0 Å². The van der Waals surface area contributed by atoms with E-state index in [0.29, 0.717) is 11.4 Å². The molecule has 0 aliphatic carbocycles. The zero-order valence-corrected chi connectivity index (χ0v) is 10.3. The fraction of sp³-hybridized carbons (Fsp3) is 0.167. The van der Waals surface area contributed by atoms with Crippen molar-refractivity contribution in [3.8, 4) is 0 Å². The first-order valence-corrected chi connectivity index (χ1v) is 5.48. The van der Waals surface area contributed by atoms with Crippen LogP contribution in [-0.2, 0) is 7.05 Å². The number of hydrogen-bond acceptors (Lipinski definition) is 4. The number of hydrogen-bond donors (Lipinski definition) is 3. The van der Waals surface area contributed by atoms with Gasteiger partial charge in [0.15, 0.2) is 5.82 Å². The fourth-order valence-corrected chi connectivity index (χ4v) is 1.67. The Hall–Kier alpha value is -2.34. The monoisotopic (exact) mass is 245 g/mol. The minimum absolute atomic E-state index is 0.185. The summed E-state index contributed by atoms with van der Waals surface area (Å²) in [7, 11) is 1.79. The highest BCUT2D eigenvalue weighted by Gasteiger charge is 2.10. The molecule has 0 aliphatic rings. The molecule has 1 aromatic carbocycles. The molecule has 0 unspecified atom stereocenters. The lowest BCUT2D eigenvalue weighted by atomic mass is 10.1. The third-order valence-electron chi connectivity index (χ3n) is 2.59. The molecule has 4 N–H and O–H groups in total. The number of hydrazine groups is 1. The molecule has 0 saturated carbocycles. The summed E-state index contributed by atoms with van der Waals surface area (Å²) in [4.78, 5) is 12.0. The van der Waals surface area contributed by atoms with Crippen LogP contribution in [-0.4, -0.2) is 15.7 Å². The molecule has 0 bridgehead atoms. The molecular formula is C12H15N5O. The number of anilines is 2. The third-order valence-corrected chi connectivity index (χ3v) is 2.59. The van der Waals surface area contributed by atoms with E-state index in [4.69, 9.17) is 5.84 Å². The number of amides is 1. The SMILES string of the molecule is Cc1cc(NN)ccc1C(=O)Nc1ccn(C)n1. The predicted molar refractivity (Wildman–Crippen MR) is 70.2 cm³/mol. The number of nitrogens with one attached hydrogen (secondary N) is 2. The van der Waals surface area contributed by atoms with Crippen molar-refractivity contribution in [3.63, 3.8) is 0 Å². The molecule has 0 spiro atoms. The molecule has 1 heterocycles. The van der Waals surface area contributed by atoms with Crippen molar-refractivity contribution in [2.24, 2.45) is 12.9 Å². The van der Waals surface area contributed by atoms with Crippen LogP contribution in [0.5, 0.6) is 0 Å². The molecule has 94 valence electrons. The Kier molecular flexibility index (Phi) is 3.29. The average molecular weight is 245 g/mol. The molecule has 0 atom stereocenters. The molecule has 6 heteroatoms. The number of benzene rings is 1. The molecule has 0 fully saturated rings. The van der Waals surface area contributed by atoms with Crippen LogP contribution in [0.15, 0.2) is 30.5 Å². The van der Waals surface area contributed by atoms with Gasteiger partial charge in [-0.15, -0.1) is 0 Å². The van der Waals surface area contributed by atoms with Crippen molar-refractivity contribution in [1.29, 1.82) is 0 Å². The van der Waals surface area contributed by atoms with Crippen LogP contribution >= 0.6 is 0 Å². The average Bonchev–Trinajstić information content (AvgIpc) is 2.74. The molecular weight excluding hydrogens is 230 g/mol. The predicted octanol–water partition coefficient (Wildman–Crippen LogP) is 1.27. The molecule has 0 radical (unpaired) electrons. The topological polar surface area (TPSA) is 85.0 Å². The third kappa shape index (κ3) is 2.49. The van der Waals surface area contributed by atoms with Crippen LogP contribution in [0.25, 0.3) is 0 Å². The Bertz CT molecular complexity index is 576. The highest BCUT2D eigenvalue weighted by atomic mass is 16.1. The van der Waals surface area contributed by atoms with Crippen molar-refractivity contribution in [2.75, 3.05) is 10.7 Å². The summed E-state index contributed by atoms with van der Waals surface area (Å²) in [5, 5.41) is 6.83. The van der Waals surface area contributed by atoms with E-state index < -0.39 is 0 Å². The lowest BCUT2D eigenvalue weighted by Gasteiger charge is -2.07. The maximum atomic E-state index is 12.0. The van der Waals surface area contributed by atoms with Crippen LogP contribution in [0.4, 0.5) is 11.5 Å². The lowest BCUT2D eigenvalue weighted by Crippen LogP contribution is -2.15. The van der Waals surface area contributed by atoms with Gasteiger partial charge >= 0.3 is 0 Å². The fourth-order valence-electron chi connectivity index (χ4n) is 1.67. The molecule has 1 amide bonds. The van der Waals surface area contributed by atoms with Gasteiger partial charge in [0.25, 0.3) is 5.91 Å². The summed E-state index contributed by atoms with van der Waals surface area (Å²) in [5.41, 5.74) is 4.75. The Morgan fingerprint density at radius 3 is 2.72 bits per heavy atom. The van der Waals surface area contributed by atoms with Crippen LogP contribution in [0, 0.1) is 6.92 Å². The van der Waals surface area contributed by atoms with Gasteiger partial charge in [0.1, 0.15) is 0 Å².